The van der Waals surface area contributed by atoms with Gasteiger partial charge in [-0.25, -0.2) is 13.8 Å². The van der Waals surface area contributed by atoms with Gasteiger partial charge in [0.25, 0.3) is 0 Å². The quantitative estimate of drug-likeness (QED) is 0.471. The van der Waals surface area contributed by atoms with Gasteiger partial charge < -0.3 is 9.40 Å². The molecule has 0 spiro atoms. The van der Waals surface area contributed by atoms with Crippen LogP contribution in [0.4, 0.5) is 22.0 Å². The third-order valence-electron chi connectivity index (χ3n) is 4.52. The van der Waals surface area contributed by atoms with E-state index in [9.17, 15) is 22.0 Å². The molecule has 1 atom stereocenters. The number of nitriles is 1. The van der Waals surface area contributed by atoms with Crippen molar-refractivity contribution in [2.75, 3.05) is 0 Å². The first-order valence-electron chi connectivity index (χ1n) is 8.43. The number of aromatic nitrogens is 1. The van der Waals surface area contributed by atoms with Crippen molar-refractivity contribution in [2.24, 2.45) is 4.99 Å². The third kappa shape index (κ3) is 3.46. The van der Waals surface area contributed by atoms with Crippen LogP contribution in [0.3, 0.4) is 0 Å². The molecule has 0 radical (unpaired) electrons. The molecule has 3 aromatic rings. The van der Waals surface area contributed by atoms with Gasteiger partial charge in [0.1, 0.15) is 0 Å². The van der Waals surface area contributed by atoms with Crippen molar-refractivity contribution in [2.45, 2.75) is 18.9 Å². The number of fused-ring (bicyclic) bond motifs is 1. The van der Waals surface area contributed by atoms with Crippen LogP contribution in [-0.2, 0) is 17.6 Å². The Balaban J connectivity index is 1.65. The molecular formula is C19H10ClF5N4O. The molecule has 154 valence electrons. The number of aliphatic imine (C=N–C) groups is 1. The van der Waals surface area contributed by atoms with Crippen molar-refractivity contribution in [3.63, 3.8) is 0 Å². The molecule has 30 heavy (non-hydrogen) atoms. The average molecular weight is 441 g/mol. The molecule has 1 aromatic heterocycles. The number of nitrogens with one attached hydrogen (secondary N) is 1. The van der Waals surface area contributed by atoms with Gasteiger partial charge in [0.15, 0.2) is 17.8 Å². The van der Waals surface area contributed by atoms with Crippen LogP contribution in [0, 0.1) is 23.0 Å². The Morgan fingerprint density at radius 3 is 2.67 bits per heavy atom. The molecule has 0 aliphatic carbocycles. The molecule has 0 saturated carbocycles. The summed E-state index contributed by atoms with van der Waals surface area (Å²) < 4.78 is 68.7. The number of hydrogen-bond donors (Lipinski definition) is 1. The topological polar surface area (TPSA) is 62.3 Å². The van der Waals surface area contributed by atoms with E-state index in [4.69, 9.17) is 21.7 Å². The summed E-state index contributed by atoms with van der Waals surface area (Å²) in [6.07, 6.45) is -3.97. The maximum atomic E-state index is 13.6. The lowest BCUT2D eigenvalue weighted by Gasteiger charge is -2.12. The Labute approximate surface area is 170 Å². The van der Waals surface area contributed by atoms with E-state index in [1.54, 1.807) is 6.07 Å². The number of hydrogen-bond acceptors (Lipinski definition) is 4. The highest BCUT2D eigenvalue weighted by Crippen LogP contribution is 2.37. The van der Waals surface area contributed by atoms with E-state index in [0.717, 1.165) is 18.2 Å². The van der Waals surface area contributed by atoms with Gasteiger partial charge in [0.05, 0.1) is 28.8 Å². The Morgan fingerprint density at radius 2 is 2.00 bits per heavy atom. The smallest absolute Gasteiger partial charge is 0.386 e. The number of benzene rings is 2. The summed E-state index contributed by atoms with van der Waals surface area (Å²) in [4.78, 5) is 9.39. The lowest BCUT2D eigenvalue weighted by atomic mass is 10.0. The van der Waals surface area contributed by atoms with Crippen molar-refractivity contribution in [1.29, 1.82) is 5.26 Å². The molecule has 1 unspecified atom stereocenters. The molecule has 4 rings (SSSR count). The van der Waals surface area contributed by atoms with Crippen molar-refractivity contribution in [1.82, 2.24) is 10.0 Å². The fourth-order valence-corrected chi connectivity index (χ4v) is 3.43. The predicted molar refractivity (Wildman–Crippen MR) is 97.6 cm³/mol. The van der Waals surface area contributed by atoms with Gasteiger partial charge >= 0.3 is 6.18 Å². The van der Waals surface area contributed by atoms with Crippen LogP contribution >= 0.6 is 11.6 Å². The molecule has 2 aromatic carbocycles. The molecule has 11 heteroatoms. The van der Waals surface area contributed by atoms with Crippen LogP contribution < -0.4 is 5.48 Å². The normalized spacial score (nSPS) is 16.4. The monoisotopic (exact) mass is 440 g/mol. The van der Waals surface area contributed by atoms with Crippen molar-refractivity contribution < 1.29 is 26.8 Å². The number of hydroxylamine groups is 1. The third-order valence-corrected chi connectivity index (χ3v) is 4.80. The lowest BCUT2D eigenvalue weighted by Crippen LogP contribution is -2.26. The highest BCUT2D eigenvalue weighted by Gasteiger charge is 2.36. The van der Waals surface area contributed by atoms with E-state index >= 15 is 0 Å². The maximum absolute atomic E-state index is 13.6. The summed E-state index contributed by atoms with van der Waals surface area (Å²) in [5.41, 5.74) is 1.45. The van der Waals surface area contributed by atoms with Crippen LogP contribution in [0.15, 0.2) is 41.5 Å². The van der Waals surface area contributed by atoms with E-state index in [1.165, 1.54) is 22.9 Å². The lowest BCUT2D eigenvalue weighted by molar-refractivity contribution is -0.136. The Morgan fingerprint density at radius 1 is 1.23 bits per heavy atom. The van der Waals surface area contributed by atoms with E-state index in [2.05, 4.69) is 10.5 Å². The molecule has 2 heterocycles. The molecule has 0 fully saturated rings. The van der Waals surface area contributed by atoms with E-state index in [0.29, 0.717) is 0 Å². The summed E-state index contributed by atoms with van der Waals surface area (Å²) in [5.74, 6) is -2.41. The molecule has 1 aliphatic heterocycles. The van der Waals surface area contributed by atoms with Crippen LogP contribution in [0.5, 0.6) is 0 Å². The van der Waals surface area contributed by atoms with E-state index < -0.39 is 40.1 Å². The first-order valence-corrected chi connectivity index (χ1v) is 8.81. The molecule has 0 bridgehead atoms. The second-order valence-corrected chi connectivity index (χ2v) is 6.83. The van der Waals surface area contributed by atoms with Crippen LogP contribution in [0.25, 0.3) is 10.9 Å². The van der Waals surface area contributed by atoms with Gasteiger partial charge in [-0.2, -0.15) is 18.4 Å². The molecular weight excluding hydrogens is 431 g/mol. The van der Waals surface area contributed by atoms with Gasteiger partial charge in [-0.1, -0.05) is 11.6 Å². The van der Waals surface area contributed by atoms with Gasteiger partial charge in [-0.15, -0.1) is 5.48 Å². The second kappa shape index (κ2) is 7.27. The minimum Gasteiger partial charge on any atom is -0.386 e. The summed E-state index contributed by atoms with van der Waals surface area (Å²) >= 11 is 5.63. The predicted octanol–water partition coefficient (Wildman–Crippen LogP) is 4.77. The largest absolute Gasteiger partial charge is 0.418 e. The molecule has 1 aliphatic rings. The van der Waals surface area contributed by atoms with E-state index in [1.807, 2.05) is 0 Å². The number of halogens is 6. The first-order chi connectivity index (χ1) is 14.2. The number of alkyl halides is 3. The summed E-state index contributed by atoms with van der Waals surface area (Å²) in [5, 5.41) is 8.46. The summed E-state index contributed by atoms with van der Waals surface area (Å²) in [6, 6.07) is 7.37. The van der Waals surface area contributed by atoms with Crippen LogP contribution in [-0.4, -0.2) is 16.6 Å². The van der Waals surface area contributed by atoms with Crippen molar-refractivity contribution in [3.8, 4) is 6.07 Å². The molecule has 1 N–H and O–H groups in total. The molecule has 0 amide bonds. The minimum atomic E-state index is -4.69. The SMILES string of the molecule is N#Cc1ccc2c(ccn2CC2N=C(c3cc(F)c(F)c(Cl)c3)ON2)c1C(F)(F)F. The Kier molecular flexibility index (Phi) is 4.88. The zero-order valence-corrected chi connectivity index (χ0v) is 15.5. The van der Waals surface area contributed by atoms with Crippen LogP contribution in [0.2, 0.25) is 5.02 Å². The van der Waals surface area contributed by atoms with Gasteiger partial charge in [-0.3, -0.25) is 0 Å². The summed E-state index contributed by atoms with van der Waals surface area (Å²) in [6.45, 7) is 0.0770. The maximum Gasteiger partial charge on any atom is 0.418 e. The zero-order valence-electron chi connectivity index (χ0n) is 14.8. The number of rotatable bonds is 3. The van der Waals surface area contributed by atoms with Gasteiger partial charge in [0.2, 0.25) is 5.90 Å². The standard InChI is InChI=1S/C19H10ClF5N4O/c20-12-5-10(6-13(21)17(12)22)18-27-15(28-30-18)8-29-4-3-11-14(29)2-1-9(7-26)16(11)19(23,24)25/h1-6,15,28H,8H2. The fraction of sp³-hybridized carbons (Fsp3) is 0.158. The van der Waals surface area contributed by atoms with Gasteiger partial charge in [-0.05, 0) is 30.3 Å². The van der Waals surface area contributed by atoms with Crippen molar-refractivity contribution >= 4 is 28.4 Å². The number of nitrogens with zero attached hydrogens (tertiary/aromatic N) is 3. The highest BCUT2D eigenvalue weighted by molar-refractivity contribution is 6.31. The van der Waals surface area contributed by atoms with E-state index in [-0.39, 0.29) is 28.9 Å². The summed E-state index contributed by atoms with van der Waals surface area (Å²) in [7, 11) is 0. The second-order valence-electron chi connectivity index (χ2n) is 6.42. The molecule has 0 saturated heterocycles. The Bertz CT molecular complexity index is 1210. The van der Waals surface area contributed by atoms with Crippen molar-refractivity contribution in [3.05, 3.63) is 69.9 Å². The fourth-order valence-electron chi connectivity index (χ4n) is 3.23. The minimum absolute atomic E-state index is 0.0417. The zero-order chi connectivity index (χ0) is 21.6. The van der Waals surface area contributed by atoms with Crippen LogP contribution in [0.1, 0.15) is 16.7 Å². The first kappa shape index (κ1) is 20.1. The molecule has 5 nitrogen and oxygen atoms in total. The Hall–Kier alpha value is -3.16. The average Bonchev–Trinajstić information content (AvgIpc) is 3.31. The van der Waals surface area contributed by atoms with Gasteiger partial charge in [0, 0.05) is 22.7 Å². The highest BCUT2D eigenvalue weighted by atomic mass is 35.5.